The van der Waals surface area contributed by atoms with E-state index in [1.165, 1.54) is 5.01 Å². The number of benzene rings is 1. The van der Waals surface area contributed by atoms with Crippen LogP contribution in [0.25, 0.3) is 10.9 Å². The standard InChI is InChI=1S/C20H17N5O2/c26-19-12-25(22-10-13-4-3-7-21-9-13)20(27)18-8-15-14-5-1-2-6-16(14)23-17(15)11-24(18)19/h1-7,9-10,18,23H,8,11-12H2. The molecule has 1 saturated heterocycles. The van der Waals surface area contributed by atoms with Crippen LogP contribution in [0.4, 0.5) is 0 Å². The highest BCUT2D eigenvalue weighted by molar-refractivity contribution is 5.97. The highest BCUT2D eigenvalue weighted by Gasteiger charge is 2.43. The van der Waals surface area contributed by atoms with Crippen LogP contribution >= 0.6 is 0 Å². The maximum atomic E-state index is 13.0. The monoisotopic (exact) mass is 359 g/mol. The Bertz CT molecular complexity index is 1070. The van der Waals surface area contributed by atoms with Gasteiger partial charge in [-0.05, 0) is 17.7 Å². The zero-order valence-electron chi connectivity index (χ0n) is 14.5. The Morgan fingerprint density at radius 1 is 1.15 bits per heavy atom. The number of rotatable bonds is 2. The van der Waals surface area contributed by atoms with Crippen LogP contribution in [0.1, 0.15) is 16.8 Å². The lowest BCUT2D eigenvalue weighted by atomic mass is 9.94. The molecule has 3 aromatic rings. The van der Waals surface area contributed by atoms with Crippen molar-refractivity contribution in [1.29, 1.82) is 0 Å². The Morgan fingerprint density at radius 3 is 2.89 bits per heavy atom. The van der Waals surface area contributed by atoms with E-state index in [4.69, 9.17) is 0 Å². The van der Waals surface area contributed by atoms with E-state index in [-0.39, 0.29) is 18.4 Å². The van der Waals surface area contributed by atoms with Crippen LogP contribution in [0.2, 0.25) is 0 Å². The molecular formula is C20H17N5O2. The summed E-state index contributed by atoms with van der Waals surface area (Å²) >= 11 is 0. The van der Waals surface area contributed by atoms with E-state index in [1.54, 1.807) is 29.6 Å². The molecule has 2 aromatic heterocycles. The van der Waals surface area contributed by atoms with Crippen molar-refractivity contribution >= 4 is 28.9 Å². The second-order valence-electron chi connectivity index (χ2n) is 6.80. The third kappa shape index (κ3) is 2.59. The number of carbonyl (C=O) groups excluding carboxylic acids is 2. The summed E-state index contributed by atoms with van der Waals surface area (Å²) in [7, 11) is 0. The highest BCUT2D eigenvalue weighted by Crippen LogP contribution is 2.32. The summed E-state index contributed by atoms with van der Waals surface area (Å²) in [5.74, 6) is -0.238. The number of amides is 2. The van der Waals surface area contributed by atoms with Gasteiger partial charge in [0.15, 0.2) is 0 Å². The molecule has 1 N–H and O–H groups in total. The number of aromatic nitrogens is 2. The lowest BCUT2D eigenvalue weighted by Crippen LogP contribution is -2.60. The first-order valence-electron chi connectivity index (χ1n) is 8.84. The lowest BCUT2D eigenvalue weighted by molar-refractivity contribution is -0.157. The van der Waals surface area contributed by atoms with Gasteiger partial charge in [0.2, 0.25) is 5.91 Å². The molecule has 4 heterocycles. The van der Waals surface area contributed by atoms with Crippen molar-refractivity contribution in [2.75, 3.05) is 6.54 Å². The number of aromatic amines is 1. The average molecular weight is 359 g/mol. The summed E-state index contributed by atoms with van der Waals surface area (Å²) in [6.07, 6.45) is 5.40. The third-order valence-corrected chi connectivity index (χ3v) is 5.18. The van der Waals surface area contributed by atoms with Crippen LogP contribution in [-0.4, -0.2) is 50.5 Å². The number of hydrazone groups is 1. The Kier molecular flexibility index (Phi) is 3.53. The molecule has 2 aliphatic heterocycles. The number of nitrogens with one attached hydrogen (secondary N) is 1. The van der Waals surface area contributed by atoms with Gasteiger partial charge in [0, 0.05) is 41.0 Å². The van der Waals surface area contributed by atoms with Crippen LogP contribution in [0, 0.1) is 0 Å². The van der Waals surface area contributed by atoms with E-state index < -0.39 is 6.04 Å². The van der Waals surface area contributed by atoms with Crippen molar-refractivity contribution in [2.45, 2.75) is 19.0 Å². The first kappa shape index (κ1) is 15.7. The lowest BCUT2D eigenvalue weighted by Gasteiger charge is -2.40. The van der Waals surface area contributed by atoms with Gasteiger partial charge in [0.1, 0.15) is 12.6 Å². The van der Waals surface area contributed by atoms with Gasteiger partial charge >= 0.3 is 0 Å². The summed E-state index contributed by atoms with van der Waals surface area (Å²) in [6.45, 7) is 0.390. The maximum absolute atomic E-state index is 13.0. The Morgan fingerprint density at radius 2 is 2.04 bits per heavy atom. The molecule has 134 valence electrons. The average Bonchev–Trinajstić information content (AvgIpc) is 3.07. The third-order valence-electron chi connectivity index (χ3n) is 5.18. The highest BCUT2D eigenvalue weighted by atomic mass is 16.2. The molecule has 0 saturated carbocycles. The van der Waals surface area contributed by atoms with Gasteiger partial charge in [-0.2, -0.15) is 5.10 Å². The SMILES string of the molecule is O=C1C2Cc3c([nH]c4ccccc34)CN2C(=O)CN1N=Cc1cccnc1. The van der Waals surface area contributed by atoms with Crippen LogP contribution < -0.4 is 0 Å². The molecular weight excluding hydrogens is 342 g/mol. The first-order chi connectivity index (χ1) is 13.2. The summed E-state index contributed by atoms with van der Waals surface area (Å²) in [5, 5.41) is 6.63. The van der Waals surface area contributed by atoms with E-state index in [0.29, 0.717) is 13.0 Å². The van der Waals surface area contributed by atoms with Gasteiger partial charge in [0.25, 0.3) is 5.91 Å². The van der Waals surface area contributed by atoms with E-state index in [9.17, 15) is 9.59 Å². The van der Waals surface area contributed by atoms with E-state index in [0.717, 1.165) is 27.7 Å². The first-order valence-corrected chi connectivity index (χ1v) is 8.84. The largest absolute Gasteiger partial charge is 0.357 e. The Hall–Kier alpha value is -3.48. The number of nitrogens with zero attached hydrogens (tertiary/aromatic N) is 4. The van der Waals surface area contributed by atoms with Crippen molar-refractivity contribution in [3.63, 3.8) is 0 Å². The summed E-state index contributed by atoms with van der Waals surface area (Å²) in [5.41, 5.74) is 3.95. The molecule has 1 aromatic carbocycles. The van der Waals surface area contributed by atoms with Crippen molar-refractivity contribution in [3.05, 3.63) is 65.6 Å². The van der Waals surface area contributed by atoms with Crippen LogP contribution in [0.3, 0.4) is 0 Å². The van der Waals surface area contributed by atoms with Crippen molar-refractivity contribution < 1.29 is 9.59 Å². The minimum atomic E-state index is -0.510. The molecule has 0 bridgehead atoms. The fourth-order valence-corrected chi connectivity index (χ4v) is 3.85. The molecule has 0 aliphatic carbocycles. The molecule has 7 heteroatoms. The molecule has 1 atom stereocenters. The molecule has 2 amide bonds. The predicted octanol–water partition coefficient (Wildman–Crippen LogP) is 1.69. The second-order valence-corrected chi connectivity index (χ2v) is 6.80. The van der Waals surface area contributed by atoms with Crippen molar-refractivity contribution in [3.8, 4) is 0 Å². The minimum absolute atomic E-state index is 0.0400. The van der Waals surface area contributed by atoms with Crippen LogP contribution in [0.5, 0.6) is 0 Å². The topological polar surface area (TPSA) is 81.7 Å². The van der Waals surface area contributed by atoms with Gasteiger partial charge < -0.3 is 9.88 Å². The summed E-state index contributed by atoms with van der Waals surface area (Å²) in [6, 6.07) is 11.2. The van der Waals surface area contributed by atoms with Crippen LogP contribution in [0.15, 0.2) is 53.9 Å². The van der Waals surface area contributed by atoms with Crippen molar-refractivity contribution in [1.82, 2.24) is 19.9 Å². The van der Waals surface area contributed by atoms with E-state index in [1.807, 2.05) is 30.3 Å². The maximum Gasteiger partial charge on any atom is 0.266 e. The minimum Gasteiger partial charge on any atom is -0.357 e. The number of fused-ring (bicyclic) bond motifs is 4. The van der Waals surface area contributed by atoms with Crippen molar-refractivity contribution in [2.24, 2.45) is 5.10 Å². The smallest absolute Gasteiger partial charge is 0.266 e. The van der Waals surface area contributed by atoms with Gasteiger partial charge in [-0.1, -0.05) is 24.3 Å². The van der Waals surface area contributed by atoms with Gasteiger partial charge in [0.05, 0.1) is 12.8 Å². The summed E-state index contributed by atoms with van der Waals surface area (Å²) in [4.78, 5) is 34.7. The molecule has 1 fully saturated rings. The number of hydrogen-bond acceptors (Lipinski definition) is 4. The molecule has 0 radical (unpaired) electrons. The van der Waals surface area contributed by atoms with Gasteiger partial charge in [-0.15, -0.1) is 0 Å². The van der Waals surface area contributed by atoms with Gasteiger partial charge in [-0.3, -0.25) is 14.6 Å². The quantitative estimate of drug-likeness (QED) is 0.707. The molecule has 2 aliphatic rings. The zero-order chi connectivity index (χ0) is 18.4. The predicted molar refractivity (Wildman–Crippen MR) is 99.9 cm³/mol. The number of para-hydroxylation sites is 1. The number of pyridine rings is 1. The Labute approximate surface area is 155 Å². The fourth-order valence-electron chi connectivity index (χ4n) is 3.85. The van der Waals surface area contributed by atoms with Crippen LogP contribution in [-0.2, 0) is 22.6 Å². The number of carbonyl (C=O) groups is 2. The second kappa shape index (κ2) is 6.05. The van der Waals surface area contributed by atoms with E-state index in [2.05, 4.69) is 15.1 Å². The molecule has 7 nitrogen and oxygen atoms in total. The molecule has 27 heavy (non-hydrogen) atoms. The normalized spacial score (nSPS) is 19.6. The molecule has 1 unspecified atom stereocenters. The number of piperazine rings is 1. The molecule has 5 rings (SSSR count). The molecule has 0 spiro atoms. The Balaban J connectivity index is 1.46. The number of H-pyrrole nitrogens is 1. The zero-order valence-corrected chi connectivity index (χ0v) is 14.5. The van der Waals surface area contributed by atoms with E-state index >= 15 is 0 Å². The number of hydrogen-bond donors (Lipinski definition) is 1. The summed E-state index contributed by atoms with van der Waals surface area (Å²) < 4.78 is 0. The fraction of sp³-hybridized carbons (Fsp3) is 0.200. The van der Waals surface area contributed by atoms with Gasteiger partial charge in [-0.25, -0.2) is 5.01 Å².